The summed E-state index contributed by atoms with van der Waals surface area (Å²) in [7, 11) is -3.52. The minimum Gasteiger partial charge on any atom is -0.380 e. The number of halogens is 1. The molecule has 0 amide bonds. The first kappa shape index (κ1) is 27.4. The molecule has 0 fully saturated rings. The maximum absolute atomic E-state index is 13.0. The quantitative estimate of drug-likeness (QED) is 0.167. The van der Waals surface area contributed by atoms with Crippen molar-refractivity contribution >= 4 is 27.1 Å². The fourth-order valence-electron chi connectivity index (χ4n) is 3.60. The summed E-state index contributed by atoms with van der Waals surface area (Å²) in [5, 5.41) is 6.01. The van der Waals surface area contributed by atoms with E-state index in [-0.39, 0.29) is 24.7 Å². The van der Waals surface area contributed by atoms with Crippen molar-refractivity contribution in [3.63, 3.8) is 0 Å². The number of aromatic nitrogens is 1. The molecule has 2 N–H and O–H groups in total. The van der Waals surface area contributed by atoms with Crippen molar-refractivity contribution in [1.29, 1.82) is 0 Å². The summed E-state index contributed by atoms with van der Waals surface area (Å²) in [6.45, 7) is 0.874. The molecule has 0 bridgehead atoms. The molecule has 194 valence electrons. The van der Waals surface area contributed by atoms with Crippen molar-refractivity contribution in [2.45, 2.75) is 45.1 Å². The fraction of sp³-hybridized carbons (Fsp3) is 0.400. The molecule has 1 heterocycles. The van der Waals surface area contributed by atoms with Crippen LogP contribution in [0, 0.1) is 5.82 Å². The Morgan fingerprint density at radius 2 is 1.50 bits per heavy atom. The zero-order valence-corrected chi connectivity index (χ0v) is 21.0. The molecule has 9 nitrogen and oxygen atoms in total. The number of benzene rings is 1. The minimum absolute atomic E-state index is 0.0463. The average Bonchev–Trinajstić information content (AvgIpc) is 2.86. The number of pyridine rings is 1. The standard InChI is InChI=1S/C25H31FN4O5S/c1-36(33,34)30(35-18-19-8-10-20(26)11-9-19)17-7-5-3-2-4-6-14-28-22-23(25(32)24(22)31)29-21-12-15-27-16-13-21/h8-13,15-16,28H,2-7,14,17-18H2,1H3,(H,27,29). The molecule has 0 aliphatic rings. The van der Waals surface area contributed by atoms with Gasteiger partial charge in [0.1, 0.15) is 17.2 Å². The van der Waals surface area contributed by atoms with Crippen LogP contribution in [0.3, 0.4) is 0 Å². The van der Waals surface area contributed by atoms with Gasteiger partial charge in [0.2, 0.25) is 10.0 Å². The van der Waals surface area contributed by atoms with E-state index in [1.807, 2.05) is 0 Å². The number of sulfonamides is 1. The summed E-state index contributed by atoms with van der Waals surface area (Å²) in [6, 6.07) is 9.15. The molecule has 36 heavy (non-hydrogen) atoms. The average molecular weight is 519 g/mol. The molecule has 0 aliphatic carbocycles. The van der Waals surface area contributed by atoms with E-state index < -0.39 is 20.9 Å². The van der Waals surface area contributed by atoms with Gasteiger partial charge in [-0.15, -0.1) is 0 Å². The SMILES string of the molecule is CS(=O)(=O)N(CCCCCCCCNc1c(Nc2ccncc2)c(=O)c1=O)OCc1ccc(F)cc1. The van der Waals surface area contributed by atoms with E-state index in [0.717, 1.165) is 42.8 Å². The Morgan fingerprint density at radius 3 is 2.17 bits per heavy atom. The van der Waals surface area contributed by atoms with Gasteiger partial charge < -0.3 is 10.6 Å². The van der Waals surface area contributed by atoms with Gasteiger partial charge in [0, 0.05) is 31.2 Å². The number of hydroxylamine groups is 1. The molecular weight excluding hydrogens is 487 g/mol. The highest BCUT2D eigenvalue weighted by Crippen LogP contribution is 2.20. The minimum atomic E-state index is -3.52. The molecule has 0 aliphatic heterocycles. The third-order valence-electron chi connectivity index (χ3n) is 5.59. The Kier molecular flexibility index (Phi) is 10.1. The van der Waals surface area contributed by atoms with Crippen LogP contribution >= 0.6 is 0 Å². The monoisotopic (exact) mass is 518 g/mol. The van der Waals surface area contributed by atoms with Gasteiger partial charge in [-0.25, -0.2) is 12.8 Å². The van der Waals surface area contributed by atoms with Crippen LogP contribution < -0.4 is 21.5 Å². The van der Waals surface area contributed by atoms with Crippen molar-refractivity contribution in [3.05, 3.63) is 80.6 Å². The Morgan fingerprint density at radius 1 is 0.889 bits per heavy atom. The lowest BCUT2D eigenvalue weighted by Crippen LogP contribution is -2.36. The highest BCUT2D eigenvalue weighted by molar-refractivity contribution is 7.88. The van der Waals surface area contributed by atoms with Gasteiger partial charge in [0.25, 0.3) is 10.9 Å². The van der Waals surface area contributed by atoms with Crippen LogP contribution in [-0.4, -0.2) is 37.2 Å². The third-order valence-corrected chi connectivity index (χ3v) is 6.62. The number of anilines is 3. The number of hydrogen-bond donors (Lipinski definition) is 2. The molecular formula is C25H31FN4O5S. The zero-order chi connectivity index (χ0) is 26.0. The Bertz CT molecular complexity index is 1280. The van der Waals surface area contributed by atoms with Crippen LogP contribution in [0.1, 0.15) is 44.1 Å². The summed E-state index contributed by atoms with van der Waals surface area (Å²) in [5.74, 6) is -0.360. The van der Waals surface area contributed by atoms with Crippen molar-refractivity contribution < 1.29 is 17.6 Å². The third kappa shape index (κ3) is 8.21. The highest BCUT2D eigenvalue weighted by atomic mass is 32.2. The second kappa shape index (κ2) is 13.2. The maximum Gasteiger partial charge on any atom is 0.253 e. The second-order valence-electron chi connectivity index (χ2n) is 8.51. The molecule has 0 radical (unpaired) electrons. The fourth-order valence-corrected chi connectivity index (χ4v) is 4.30. The summed E-state index contributed by atoms with van der Waals surface area (Å²) in [5.41, 5.74) is 0.933. The number of nitrogens with zero attached hydrogens (tertiary/aromatic N) is 2. The number of hydrogen-bond acceptors (Lipinski definition) is 8. The maximum atomic E-state index is 13.0. The molecule has 3 aromatic rings. The first-order chi connectivity index (χ1) is 17.3. The lowest BCUT2D eigenvalue weighted by Gasteiger charge is -2.19. The second-order valence-corrected chi connectivity index (χ2v) is 10.4. The van der Waals surface area contributed by atoms with Gasteiger partial charge in [0.05, 0.1) is 12.9 Å². The predicted octanol–water partition coefficient (Wildman–Crippen LogP) is 3.71. The molecule has 0 atom stereocenters. The van der Waals surface area contributed by atoms with Crippen molar-refractivity contribution in [1.82, 2.24) is 9.45 Å². The normalized spacial score (nSPS) is 11.8. The molecule has 1 aromatic heterocycles. The van der Waals surface area contributed by atoms with Crippen LogP contribution in [0.5, 0.6) is 0 Å². The first-order valence-corrected chi connectivity index (χ1v) is 13.7. The molecule has 0 spiro atoms. The Hall–Kier alpha value is -3.15. The smallest absolute Gasteiger partial charge is 0.253 e. The highest BCUT2D eigenvalue weighted by Gasteiger charge is 2.20. The van der Waals surface area contributed by atoms with Gasteiger partial charge in [-0.3, -0.25) is 19.4 Å². The first-order valence-electron chi connectivity index (χ1n) is 11.8. The van der Waals surface area contributed by atoms with E-state index in [9.17, 15) is 22.4 Å². The summed E-state index contributed by atoms with van der Waals surface area (Å²) >= 11 is 0. The van der Waals surface area contributed by atoms with E-state index in [0.29, 0.717) is 29.9 Å². The van der Waals surface area contributed by atoms with E-state index in [1.165, 1.54) is 12.1 Å². The largest absolute Gasteiger partial charge is 0.380 e. The molecule has 2 aromatic carbocycles. The molecule has 0 unspecified atom stereocenters. The number of nitrogens with one attached hydrogen (secondary N) is 2. The summed E-state index contributed by atoms with van der Waals surface area (Å²) < 4.78 is 37.9. The van der Waals surface area contributed by atoms with Gasteiger partial charge in [-0.2, -0.15) is 0 Å². The zero-order valence-electron chi connectivity index (χ0n) is 20.2. The van der Waals surface area contributed by atoms with Crippen LogP contribution in [0.2, 0.25) is 0 Å². The van der Waals surface area contributed by atoms with E-state index in [2.05, 4.69) is 15.6 Å². The topological polar surface area (TPSA) is 118 Å². The van der Waals surface area contributed by atoms with Crippen molar-refractivity contribution in [2.24, 2.45) is 0 Å². The van der Waals surface area contributed by atoms with Crippen LogP contribution in [0.4, 0.5) is 21.5 Å². The lowest BCUT2D eigenvalue weighted by atomic mass is 10.1. The van der Waals surface area contributed by atoms with Crippen LogP contribution in [0.25, 0.3) is 0 Å². The van der Waals surface area contributed by atoms with Crippen LogP contribution in [0.15, 0.2) is 58.4 Å². The van der Waals surface area contributed by atoms with Crippen LogP contribution in [-0.2, 0) is 21.5 Å². The predicted molar refractivity (Wildman–Crippen MR) is 138 cm³/mol. The Labute approximate surface area is 210 Å². The molecule has 0 saturated heterocycles. The summed E-state index contributed by atoms with van der Waals surface area (Å²) in [4.78, 5) is 33.1. The Balaban J connectivity index is 1.29. The summed E-state index contributed by atoms with van der Waals surface area (Å²) in [6.07, 6.45) is 9.46. The number of rotatable bonds is 16. The van der Waals surface area contributed by atoms with Gasteiger partial charge in [-0.1, -0.05) is 42.3 Å². The lowest BCUT2D eigenvalue weighted by molar-refractivity contribution is -0.0962. The van der Waals surface area contributed by atoms with Crippen molar-refractivity contribution in [2.75, 3.05) is 30.0 Å². The van der Waals surface area contributed by atoms with Gasteiger partial charge in [0.15, 0.2) is 0 Å². The van der Waals surface area contributed by atoms with E-state index in [4.69, 9.17) is 4.84 Å². The number of unbranched alkanes of at least 4 members (excludes halogenated alkanes) is 5. The van der Waals surface area contributed by atoms with Crippen molar-refractivity contribution in [3.8, 4) is 0 Å². The molecule has 0 saturated carbocycles. The molecule has 11 heteroatoms. The van der Waals surface area contributed by atoms with E-state index in [1.54, 1.807) is 36.7 Å². The molecule has 3 rings (SSSR count). The van der Waals surface area contributed by atoms with E-state index >= 15 is 0 Å². The van der Waals surface area contributed by atoms with Gasteiger partial charge >= 0.3 is 0 Å². The van der Waals surface area contributed by atoms with Gasteiger partial charge in [-0.05, 0) is 42.7 Å².